The van der Waals surface area contributed by atoms with Crippen LogP contribution in [0.4, 0.5) is 0 Å². The fraction of sp³-hybridized carbons (Fsp3) is 1.00. The van der Waals surface area contributed by atoms with Crippen molar-refractivity contribution in [3.63, 3.8) is 0 Å². The maximum absolute atomic E-state index is 3.79. The Morgan fingerprint density at radius 2 is 1.69 bits per heavy atom. The van der Waals surface area contributed by atoms with E-state index in [1.165, 1.54) is 19.3 Å². The summed E-state index contributed by atoms with van der Waals surface area (Å²) in [5, 5.41) is 0. The summed E-state index contributed by atoms with van der Waals surface area (Å²) in [5.41, 5.74) is 0.504. The van der Waals surface area contributed by atoms with Crippen LogP contribution in [-0.4, -0.2) is 3.23 Å². The summed E-state index contributed by atoms with van der Waals surface area (Å²) < 4.78 is 0.319. The van der Waals surface area contributed by atoms with Crippen LogP contribution in [0.25, 0.3) is 0 Å². The van der Waals surface area contributed by atoms with Crippen LogP contribution >= 0.6 is 31.9 Å². The zero-order valence-corrected chi connectivity index (χ0v) is 11.8. The number of alkyl halides is 2. The van der Waals surface area contributed by atoms with Crippen molar-refractivity contribution < 1.29 is 0 Å². The zero-order chi connectivity index (χ0) is 9.85. The first kappa shape index (κ1) is 10.5. The Hall–Kier alpha value is 0.960. The molecule has 0 amide bonds. The molecule has 2 aliphatic rings. The Morgan fingerprint density at radius 3 is 2.15 bits per heavy atom. The molecule has 2 saturated carbocycles. The van der Waals surface area contributed by atoms with E-state index in [1.54, 1.807) is 0 Å². The molecule has 3 atom stereocenters. The number of fused-ring (bicyclic) bond motifs is 1. The molecular formula is C11H18Br2. The lowest BCUT2D eigenvalue weighted by Crippen LogP contribution is -2.23. The molecule has 0 nitrogen and oxygen atoms in total. The lowest BCUT2D eigenvalue weighted by Gasteiger charge is -2.33. The van der Waals surface area contributed by atoms with E-state index < -0.39 is 0 Å². The van der Waals surface area contributed by atoms with Gasteiger partial charge in [-0.05, 0) is 42.4 Å². The number of hydrogen-bond donors (Lipinski definition) is 0. The molecule has 2 rings (SSSR count). The highest BCUT2D eigenvalue weighted by Gasteiger charge is 2.63. The number of halogens is 2. The summed E-state index contributed by atoms with van der Waals surface area (Å²) in [6.45, 7) is 7.14. The van der Waals surface area contributed by atoms with Crippen LogP contribution in [0.15, 0.2) is 0 Å². The van der Waals surface area contributed by atoms with Gasteiger partial charge in [-0.2, -0.15) is 0 Å². The first-order valence-corrected chi connectivity index (χ1v) is 6.80. The van der Waals surface area contributed by atoms with E-state index in [4.69, 9.17) is 0 Å². The van der Waals surface area contributed by atoms with E-state index in [0.29, 0.717) is 8.65 Å². The van der Waals surface area contributed by atoms with Gasteiger partial charge in [0.2, 0.25) is 0 Å². The predicted octanol–water partition coefficient (Wildman–Crippen LogP) is 4.56. The van der Waals surface area contributed by atoms with Gasteiger partial charge in [0, 0.05) is 0 Å². The maximum Gasteiger partial charge on any atom is 0.0868 e. The largest absolute Gasteiger partial charge is 0.0868 e. The van der Waals surface area contributed by atoms with Gasteiger partial charge >= 0.3 is 0 Å². The summed E-state index contributed by atoms with van der Waals surface area (Å²) in [6, 6.07) is 0. The van der Waals surface area contributed by atoms with Crippen molar-refractivity contribution >= 4 is 31.9 Å². The minimum absolute atomic E-state index is 0.319. The third-order valence-corrected chi connectivity index (χ3v) is 6.31. The molecule has 0 spiro atoms. The van der Waals surface area contributed by atoms with Crippen molar-refractivity contribution in [3.05, 3.63) is 0 Å². The molecule has 0 aromatic carbocycles. The minimum Gasteiger partial charge on any atom is -0.0721 e. The lowest BCUT2D eigenvalue weighted by molar-refractivity contribution is 0.173. The second kappa shape index (κ2) is 2.98. The van der Waals surface area contributed by atoms with Crippen molar-refractivity contribution in [2.45, 2.75) is 43.3 Å². The molecule has 0 radical (unpaired) electrons. The fourth-order valence-electron chi connectivity index (χ4n) is 2.77. The molecule has 0 aromatic heterocycles. The van der Waals surface area contributed by atoms with E-state index in [-0.39, 0.29) is 0 Å². The molecule has 2 heteroatoms. The predicted molar refractivity (Wildman–Crippen MR) is 64.4 cm³/mol. The third kappa shape index (κ3) is 1.73. The van der Waals surface area contributed by atoms with E-state index >= 15 is 0 Å². The third-order valence-electron chi connectivity index (χ3n) is 3.95. The zero-order valence-electron chi connectivity index (χ0n) is 8.61. The van der Waals surface area contributed by atoms with Crippen LogP contribution in [0.1, 0.15) is 40.0 Å². The van der Waals surface area contributed by atoms with Crippen molar-refractivity contribution in [2.24, 2.45) is 23.2 Å². The highest BCUT2D eigenvalue weighted by molar-refractivity contribution is 9.25. The molecule has 13 heavy (non-hydrogen) atoms. The van der Waals surface area contributed by atoms with Gasteiger partial charge in [0.15, 0.2) is 0 Å². The molecule has 0 saturated heterocycles. The van der Waals surface area contributed by atoms with E-state index in [1.807, 2.05) is 0 Å². The van der Waals surface area contributed by atoms with Crippen LogP contribution in [0, 0.1) is 23.2 Å². The maximum atomic E-state index is 3.79. The summed E-state index contributed by atoms with van der Waals surface area (Å²) in [6.07, 6.45) is 4.23. The van der Waals surface area contributed by atoms with Gasteiger partial charge in [-0.15, -0.1) is 0 Å². The molecule has 2 fully saturated rings. The van der Waals surface area contributed by atoms with Gasteiger partial charge in [0.25, 0.3) is 0 Å². The Balaban J connectivity index is 2.01. The molecule has 0 heterocycles. The highest BCUT2D eigenvalue weighted by atomic mass is 79.9. The average Bonchev–Trinajstić information content (AvgIpc) is 2.53. The van der Waals surface area contributed by atoms with Crippen LogP contribution in [0.2, 0.25) is 0 Å². The summed E-state index contributed by atoms with van der Waals surface area (Å²) in [5.74, 6) is 2.72. The Bertz CT molecular complexity index is 215. The smallest absolute Gasteiger partial charge is 0.0721 e. The molecule has 2 aliphatic carbocycles. The van der Waals surface area contributed by atoms with Gasteiger partial charge in [-0.1, -0.05) is 52.6 Å². The topological polar surface area (TPSA) is 0 Å². The molecule has 0 aliphatic heterocycles. The minimum atomic E-state index is 0.319. The van der Waals surface area contributed by atoms with Gasteiger partial charge in [0.05, 0.1) is 3.23 Å². The fourth-order valence-corrected chi connectivity index (χ4v) is 4.61. The standard InChI is InChI=1S/C11H18Br2/c1-10(2,3)7-4-5-8-9(6-7)11(8,12)13/h7-9H,4-6H2,1-3H3/t7-,8+,9-/m1/s1. The van der Waals surface area contributed by atoms with Gasteiger partial charge in [0.1, 0.15) is 0 Å². The van der Waals surface area contributed by atoms with Crippen LogP contribution in [0.5, 0.6) is 0 Å². The van der Waals surface area contributed by atoms with Crippen LogP contribution in [-0.2, 0) is 0 Å². The molecule has 0 unspecified atom stereocenters. The Morgan fingerprint density at radius 1 is 1.08 bits per heavy atom. The molecule has 0 N–H and O–H groups in total. The van der Waals surface area contributed by atoms with Crippen molar-refractivity contribution in [1.82, 2.24) is 0 Å². The average molecular weight is 310 g/mol. The molecular weight excluding hydrogens is 292 g/mol. The van der Waals surface area contributed by atoms with E-state index in [2.05, 4.69) is 52.6 Å². The van der Waals surface area contributed by atoms with Gasteiger partial charge < -0.3 is 0 Å². The SMILES string of the molecule is CC(C)(C)[C@@H]1CC[C@H]2[C@@H](C1)C2(Br)Br. The summed E-state index contributed by atoms with van der Waals surface area (Å²) in [4.78, 5) is 0. The van der Waals surface area contributed by atoms with E-state index in [0.717, 1.165) is 17.8 Å². The van der Waals surface area contributed by atoms with Gasteiger partial charge in [-0.3, -0.25) is 0 Å². The normalized spacial score (nSPS) is 42.7. The second-order valence-electron chi connectivity index (χ2n) is 5.76. The first-order chi connectivity index (χ1) is 5.83. The second-order valence-corrected chi connectivity index (χ2v) is 9.45. The van der Waals surface area contributed by atoms with Gasteiger partial charge in [-0.25, -0.2) is 0 Å². The number of hydrogen-bond acceptors (Lipinski definition) is 0. The Kier molecular flexibility index (Phi) is 2.40. The lowest BCUT2D eigenvalue weighted by atomic mass is 9.72. The highest BCUT2D eigenvalue weighted by Crippen LogP contribution is 2.69. The Labute approximate surface area is 98.1 Å². The first-order valence-electron chi connectivity index (χ1n) is 5.21. The van der Waals surface area contributed by atoms with Crippen molar-refractivity contribution in [2.75, 3.05) is 0 Å². The summed E-state index contributed by atoms with van der Waals surface area (Å²) in [7, 11) is 0. The quantitative estimate of drug-likeness (QED) is 0.575. The van der Waals surface area contributed by atoms with E-state index in [9.17, 15) is 0 Å². The van der Waals surface area contributed by atoms with Crippen LogP contribution < -0.4 is 0 Å². The van der Waals surface area contributed by atoms with Crippen molar-refractivity contribution in [3.8, 4) is 0 Å². The molecule has 0 aromatic rings. The van der Waals surface area contributed by atoms with Crippen LogP contribution in [0.3, 0.4) is 0 Å². The monoisotopic (exact) mass is 308 g/mol. The number of rotatable bonds is 0. The van der Waals surface area contributed by atoms with Crippen molar-refractivity contribution in [1.29, 1.82) is 0 Å². The molecule has 76 valence electrons. The summed E-state index contributed by atoms with van der Waals surface area (Å²) >= 11 is 7.58. The molecule has 0 bridgehead atoms.